The molecule has 0 spiro atoms. The van der Waals surface area contributed by atoms with Gasteiger partial charge < -0.3 is 89.1 Å². The average Bonchev–Trinajstić information content (AvgIpc) is 0.761. The largest absolute Gasteiger partial charge is 0.472 e. The van der Waals surface area contributed by atoms with E-state index in [9.17, 15) is 74.9 Å². The van der Waals surface area contributed by atoms with Gasteiger partial charge >= 0.3 is 25.7 Å². The predicted molar refractivity (Wildman–Crippen MR) is 393 cm³/mol. The van der Waals surface area contributed by atoms with Crippen LogP contribution in [0.4, 0.5) is 0 Å². The van der Waals surface area contributed by atoms with Gasteiger partial charge in [-0.3, -0.25) is 23.4 Å². The number of carbonyl (C=O) groups excluding carboxylic acids is 3. The topological polar surface area (TPSA) is 374 Å². The first-order valence-corrected chi connectivity index (χ1v) is 42.8. The molecule has 0 aromatic heterocycles. The summed E-state index contributed by atoms with van der Waals surface area (Å²) in [6.45, 7) is 3.52. The predicted octanol–water partition coefficient (Wildman–Crippen LogP) is 12.9. The fraction of sp³-hybridized carbons (Fsp3) is 0.962. The molecule has 18 unspecified atom stereocenters. The minimum absolute atomic E-state index is 0.0324. The monoisotopic (exact) mass is 1500 g/mol. The van der Waals surface area contributed by atoms with Gasteiger partial charge in [-0.15, -0.1) is 0 Å². The third-order valence-corrected chi connectivity index (χ3v) is 21.6. The van der Waals surface area contributed by atoms with Gasteiger partial charge in [-0.2, -0.15) is 0 Å². The maximum Gasteiger partial charge on any atom is 0.472 e. The van der Waals surface area contributed by atoms with Gasteiger partial charge in [-0.1, -0.05) is 310 Å². The Morgan fingerprint density at radius 1 is 0.340 bits per heavy atom. The average molecular weight is 1500 g/mol. The number of phosphoric ester groups is 1. The van der Waals surface area contributed by atoms with Crippen LogP contribution in [-0.4, -0.2) is 204 Å². The van der Waals surface area contributed by atoms with E-state index in [1.165, 1.54) is 199 Å². The Kier molecular flexibility index (Phi) is 55.2. The molecule has 0 aromatic carbocycles. The summed E-state index contributed by atoms with van der Waals surface area (Å²) in [5.74, 6) is -1.96. The van der Waals surface area contributed by atoms with Gasteiger partial charge in [0.05, 0.1) is 13.2 Å². The summed E-state index contributed by atoms with van der Waals surface area (Å²) in [6.07, 6.45) is 19.8. The van der Waals surface area contributed by atoms with E-state index in [1.54, 1.807) is 0 Å². The molecule has 25 heteroatoms. The van der Waals surface area contributed by atoms with E-state index in [4.69, 9.17) is 42.2 Å². The fourth-order valence-corrected chi connectivity index (χ4v) is 14.9. The lowest BCUT2D eigenvalue weighted by Gasteiger charge is -2.49. The SMILES string of the molecule is CCCCCCCCCCCCCCCCCCCC(=O)OC(COC(=O)CCCCCCCCCCCCCCCCCC)COP(=O)(O)OC1C(OC2OC(CO)C(O)C(O)C2O)C(O)C(O)C(O)C1OC1OC(COC(=O)CCCCCCCCCCCCCCCCC)C(O)C(O)C1O. The molecule has 2 aliphatic heterocycles. The van der Waals surface area contributed by atoms with Crippen LogP contribution in [0.25, 0.3) is 0 Å². The van der Waals surface area contributed by atoms with Crippen molar-refractivity contribution in [2.45, 2.75) is 452 Å². The summed E-state index contributed by atoms with van der Waals surface area (Å²) in [4.78, 5) is 51.2. The van der Waals surface area contributed by atoms with E-state index in [0.29, 0.717) is 19.3 Å². The number of unbranched alkanes of at least 4 members (excludes halogenated alkanes) is 45. The van der Waals surface area contributed by atoms with Crippen molar-refractivity contribution in [2.24, 2.45) is 0 Å². The Bertz CT molecular complexity index is 2120. The third-order valence-electron chi connectivity index (χ3n) is 20.6. The van der Waals surface area contributed by atoms with Gasteiger partial charge in [-0.05, 0) is 19.3 Å². The standard InChI is InChI=1S/C78H147O24P/c1-4-7-10-13-16-19-22-25-28-30-33-36-39-42-45-48-51-54-64(82)97-59(56-94-62(80)52-49-46-43-40-37-35-32-29-26-23-20-17-14-11-8-5-2)57-96-103(92,93)102-76-74(100-77-72(90)67(85)65(83)60(55-79)98-77)70(88)69(87)71(89)75(76)101-78-73(91)68(86)66(84)61(99-78)58-95-63(81)53-50-47-44-41-38-34-31-27-24-21-18-15-12-9-6-3/h59-61,65-79,83-91H,4-58H2,1-3H3,(H,92,93). The van der Waals surface area contributed by atoms with Crippen molar-refractivity contribution in [1.29, 1.82) is 0 Å². The number of ether oxygens (including phenoxy) is 7. The molecule has 0 amide bonds. The van der Waals surface area contributed by atoms with Crippen LogP contribution in [0.2, 0.25) is 0 Å². The van der Waals surface area contributed by atoms with Gasteiger partial charge in [0.15, 0.2) is 18.7 Å². The maximum atomic E-state index is 14.4. The second kappa shape index (κ2) is 59.8. The molecular formula is C78H147O24P. The first-order chi connectivity index (χ1) is 49.8. The Morgan fingerprint density at radius 2 is 0.621 bits per heavy atom. The number of carbonyl (C=O) groups is 3. The molecule has 24 nitrogen and oxygen atoms in total. The Balaban J connectivity index is 1.69. The van der Waals surface area contributed by atoms with Crippen LogP contribution in [0, 0.1) is 0 Å². The highest BCUT2D eigenvalue weighted by molar-refractivity contribution is 7.47. The van der Waals surface area contributed by atoms with Crippen LogP contribution in [0.3, 0.4) is 0 Å². The number of aliphatic hydroxyl groups is 10. The summed E-state index contributed by atoms with van der Waals surface area (Å²) >= 11 is 0. The number of hydrogen-bond acceptors (Lipinski definition) is 23. The summed E-state index contributed by atoms with van der Waals surface area (Å²) in [6, 6.07) is 0. The van der Waals surface area contributed by atoms with Gasteiger partial charge in [-0.25, -0.2) is 4.57 Å². The third kappa shape index (κ3) is 42.1. The van der Waals surface area contributed by atoms with E-state index < -0.39 is 156 Å². The zero-order valence-electron chi connectivity index (χ0n) is 63.9. The molecule has 18 atom stereocenters. The molecule has 103 heavy (non-hydrogen) atoms. The molecular weight excluding hydrogens is 1350 g/mol. The number of rotatable bonds is 66. The second-order valence-corrected chi connectivity index (χ2v) is 31.3. The minimum atomic E-state index is -5.70. The molecule has 3 fully saturated rings. The molecule has 0 bridgehead atoms. The van der Waals surface area contributed by atoms with Gasteiger partial charge in [0.25, 0.3) is 0 Å². The maximum absolute atomic E-state index is 14.4. The summed E-state index contributed by atoms with van der Waals surface area (Å²) in [7, 11) is -5.70. The fourth-order valence-electron chi connectivity index (χ4n) is 13.9. The normalized spacial score (nSPS) is 26.8. The van der Waals surface area contributed by atoms with Crippen LogP contribution >= 0.6 is 7.82 Å². The van der Waals surface area contributed by atoms with Crippen molar-refractivity contribution in [2.75, 3.05) is 26.4 Å². The highest BCUT2D eigenvalue weighted by Gasteiger charge is 2.58. The van der Waals surface area contributed by atoms with Crippen molar-refractivity contribution in [1.82, 2.24) is 0 Å². The Morgan fingerprint density at radius 3 is 0.951 bits per heavy atom. The van der Waals surface area contributed by atoms with Crippen molar-refractivity contribution in [3.8, 4) is 0 Å². The smallest absolute Gasteiger partial charge is 0.463 e. The molecule has 1 saturated carbocycles. The second-order valence-electron chi connectivity index (χ2n) is 29.9. The quantitative estimate of drug-likeness (QED) is 0.0117. The molecule has 2 heterocycles. The van der Waals surface area contributed by atoms with E-state index in [-0.39, 0.29) is 19.3 Å². The molecule has 0 radical (unpaired) electrons. The van der Waals surface area contributed by atoms with Crippen molar-refractivity contribution in [3.05, 3.63) is 0 Å². The lowest BCUT2D eigenvalue weighted by atomic mass is 9.84. The van der Waals surface area contributed by atoms with Crippen LogP contribution < -0.4 is 0 Å². The Hall–Kier alpha value is -2.04. The molecule has 11 N–H and O–H groups in total. The zero-order chi connectivity index (χ0) is 75.3. The highest BCUT2D eigenvalue weighted by atomic mass is 31.2. The van der Waals surface area contributed by atoms with Crippen LogP contribution in [0.1, 0.15) is 348 Å². The van der Waals surface area contributed by atoms with E-state index in [0.717, 1.165) is 89.9 Å². The Labute approximate surface area is 619 Å². The molecule has 608 valence electrons. The lowest BCUT2D eigenvalue weighted by molar-refractivity contribution is -0.360. The van der Waals surface area contributed by atoms with Gasteiger partial charge in [0.1, 0.15) is 98.7 Å². The van der Waals surface area contributed by atoms with E-state index in [1.807, 2.05) is 0 Å². The van der Waals surface area contributed by atoms with Crippen LogP contribution in [0.15, 0.2) is 0 Å². The van der Waals surface area contributed by atoms with E-state index >= 15 is 0 Å². The first kappa shape index (κ1) is 95.2. The summed E-state index contributed by atoms with van der Waals surface area (Å²) < 4.78 is 65.3. The lowest BCUT2D eigenvalue weighted by Crippen LogP contribution is -2.69. The van der Waals surface area contributed by atoms with Gasteiger partial charge in [0.2, 0.25) is 0 Å². The summed E-state index contributed by atoms with van der Waals surface area (Å²) in [5, 5.41) is 110. The molecule has 0 aromatic rings. The van der Waals surface area contributed by atoms with Crippen molar-refractivity contribution in [3.63, 3.8) is 0 Å². The van der Waals surface area contributed by atoms with Gasteiger partial charge in [0, 0.05) is 19.3 Å². The van der Waals surface area contributed by atoms with E-state index in [2.05, 4.69) is 20.8 Å². The van der Waals surface area contributed by atoms with Crippen molar-refractivity contribution >= 4 is 25.7 Å². The number of phosphoric acid groups is 1. The summed E-state index contributed by atoms with van der Waals surface area (Å²) in [5.41, 5.74) is 0. The molecule has 3 rings (SSSR count). The highest BCUT2D eigenvalue weighted by Crippen LogP contribution is 2.49. The number of esters is 3. The molecule has 2 saturated heterocycles. The number of aliphatic hydroxyl groups excluding tert-OH is 10. The molecule has 1 aliphatic carbocycles. The van der Waals surface area contributed by atoms with Crippen LogP contribution in [-0.2, 0) is 61.2 Å². The number of hydrogen-bond donors (Lipinski definition) is 11. The zero-order valence-corrected chi connectivity index (χ0v) is 64.8. The molecule has 3 aliphatic rings. The minimum Gasteiger partial charge on any atom is -0.463 e. The van der Waals surface area contributed by atoms with Crippen molar-refractivity contribution < 1.29 is 117 Å². The van der Waals surface area contributed by atoms with Crippen LogP contribution in [0.5, 0.6) is 0 Å². The first-order valence-electron chi connectivity index (χ1n) is 41.3.